The Balaban J connectivity index is 4.32. The van der Waals surface area contributed by atoms with Crippen molar-refractivity contribution >= 4 is 0 Å². The van der Waals surface area contributed by atoms with Gasteiger partial charge in [-0.25, -0.2) is 0 Å². The zero-order chi connectivity index (χ0) is 11.0. The van der Waals surface area contributed by atoms with Crippen LogP contribution in [0.5, 0.6) is 0 Å². The first-order valence-electron chi connectivity index (χ1n) is 5.21. The van der Waals surface area contributed by atoms with Crippen molar-refractivity contribution < 1.29 is 9.47 Å². The standard InChI is InChI=1S/C11H23NO2/c1-6-13-11(14-7-2)10(12-5)8-9(3)4/h8,10-12H,6-7H2,1-5H3. The van der Waals surface area contributed by atoms with Crippen molar-refractivity contribution in [1.82, 2.24) is 5.32 Å². The lowest BCUT2D eigenvalue weighted by Crippen LogP contribution is -2.40. The third-order valence-electron chi connectivity index (χ3n) is 1.80. The zero-order valence-corrected chi connectivity index (χ0v) is 9.96. The molecule has 0 saturated heterocycles. The average molecular weight is 201 g/mol. The lowest BCUT2D eigenvalue weighted by Gasteiger charge is -2.24. The number of likely N-dealkylation sites (N-methyl/N-ethyl adjacent to an activating group) is 1. The molecule has 0 spiro atoms. The summed E-state index contributed by atoms with van der Waals surface area (Å²) in [7, 11) is 1.91. The van der Waals surface area contributed by atoms with Gasteiger partial charge in [-0.2, -0.15) is 0 Å². The third-order valence-corrected chi connectivity index (χ3v) is 1.80. The minimum atomic E-state index is -0.190. The molecule has 84 valence electrons. The van der Waals surface area contributed by atoms with Crippen LogP contribution < -0.4 is 5.32 Å². The van der Waals surface area contributed by atoms with Crippen LogP contribution in [-0.2, 0) is 9.47 Å². The van der Waals surface area contributed by atoms with E-state index in [9.17, 15) is 0 Å². The van der Waals surface area contributed by atoms with Gasteiger partial charge in [0.1, 0.15) is 0 Å². The van der Waals surface area contributed by atoms with Crippen LogP contribution in [0.3, 0.4) is 0 Å². The van der Waals surface area contributed by atoms with E-state index in [1.807, 2.05) is 20.9 Å². The SMILES string of the molecule is CCOC(OCC)C(C=C(C)C)NC. The first-order valence-corrected chi connectivity index (χ1v) is 5.21. The highest BCUT2D eigenvalue weighted by Gasteiger charge is 2.17. The topological polar surface area (TPSA) is 30.5 Å². The molecule has 0 heterocycles. The molecule has 0 aromatic heterocycles. The molecule has 0 saturated carbocycles. The maximum atomic E-state index is 5.51. The van der Waals surface area contributed by atoms with Crippen LogP contribution in [0.4, 0.5) is 0 Å². The van der Waals surface area contributed by atoms with E-state index < -0.39 is 0 Å². The van der Waals surface area contributed by atoms with Crippen LogP contribution in [-0.4, -0.2) is 32.6 Å². The molecule has 0 aliphatic carbocycles. The fourth-order valence-corrected chi connectivity index (χ4v) is 1.24. The highest BCUT2D eigenvalue weighted by molar-refractivity contribution is 5.02. The van der Waals surface area contributed by atoms with Gasteiger partial charge in [0.2, 0.25) is 0 Å². The largest absolute Gasteiger partial charge is 0.351 e. The van der Waals surface area contributed by atoms with Crippen molar-refractivity contribution in [3.05, 3.63) is 11.6 Å². The second-order valence-corrected chi connectivity index (χ2v) is 3.34. The van der Waals surface area contributed by atoms with E-state index >= 15 is 0 Å². The van der Waals surface area contributed by atoms with Crippen molar-refractivity contribution in [2.75, 3.05) is 20.3 Å². The lowest BCUT2D eigenvalue weighted by atomic mass is 10.2. The van der Waals surface area contributed by atoms with Crippen LogP contribution in [0, 0.1) is 0 Å². The summed E-state index contributed by atoms with van der Waals surface area (Å²) in [6.07, 6.45) is 1.93. The fourth-order valence-electron chi connectivity index (χ4n) is 1.24. The summed E-state index contributed by atoms with van der Waals surface area (Å²) in [6.45, 7) is 9.42. The molecule has 3 heteroatoms. The molecule has 0 radical (unpaired) electrons. The molecule has 14 heavy (non-hydrogen) atoms. The summed E-state index contributed by atoms with van der Waals surface area (Å²) < 4.78 is 11.0. The first-order chi connectivity index (χ1) is 6.65. The Bertz CT molecular complexity index is 159. The quantitative estimate of drug-likeness (QED) is 0.504. The monoisotopic (exact) mass is 201 g/mol. The van der Waals surface area contributed by atoms with Gasteiger partial charge in [-0.05, 0) is 34.7 Å². The molecule has 0 aliphatic heterocycles. The molecule has 0 rings (SSSR count). The molecule has 0 aromatic carbocycles. The molecule has 0 amide bonds. The van der Waals surface area contributed by atoms with Gasteiger partial charge in [0, 0.05) is 13.2 Å². The van der Waals surface area contributed by atoms with Gasteiger partial charge in [-0.3, -0.25) is 0 Å². The Hall–Kier alpha value is -0.380. The Morgan fingerprint density at radius 3 is 2.00 bits per heavy atom. The molecule has 1 N–H and O–H groups in total. The molecule has 0 aliphatic rings. The van der Waals surface area contributed by atoms with Crippen LogP contribution in [0.25, 0.3) is 0 Å². The van der Waals surface area contributed by atoms with Crippen molar-refractivity contribution in [1.29, 1.82) is 0 Å². The number of nitrogens with one attached hydrogen (secondary N) is 1. The van der Waals surface area contributed by atoms with Gasteiger partial charge in [-0.15, -0.1) is 0 Å². The molecule has 0 aromatic rings. The summed E-state index contributed by atoms with van der Waals surface area (Å²) in [5, 5.41) is 3.18. The van der Waals surface area contributed by atoms with Crippen molar-refractivity contribution in [2.45, 2.75) is 40.0 Å². The maximum Gasteiger partial charge on any atom is 0.176 e. The molecular weight excluding hydrogens is 178 g/mol. The van der Waals surface area contributed by atoms with E-state index in [2.05, 4.69) is 25.2 Å². The number of hydrogen-bond donors (Lipinski definition) is 1. The predicted octanol–water partition coefficient (Wildman–Crippen LogP) is 1.94. The Morgan fingerprint density at radius 1 is 1.21 bits per heavy atom. The summed E-state index contributed by atoms with van der Waals surface area (Å²) in [6, 6.07) is 0.125. The second kappa shape index (κ2) is 7.97. The van der Waals surface area contributed by atoms with E-state index in [1.54, 1.807) is 0 Å². The minimum absolute atomic E-state index is 0.125. The smallest absolute Gasteiger partial charge is 0.176 e. The Morgan fingerprint density at radius 2 is 1.71 bits per heavy atom. The van der Waals surface area contributed by atoms with Gasteiger partial charge >= 0.3 is 0 Å². The van der Waals surface area contributed by atoms with E-state index in [4.69, 9.17) is 9.47 Å². The lowest BCUT2D eigenvalue weighted by molar-refractivity contribution is -0.145. The van der Waals surface area contributed by atoms with Crippen LogP contribution in [0.15, 0.2) is 11.6 Å². The summed E-state index contributed by atoms with van der Waals surface area (Å²) in [5.41, 5.74) is 1.26. The first kappa shape index (κ1) is 13.6. The fraction of sp³-hybridized carbons (Fsp3) is 0.818. The van der Waals surface area contributed by atoms with E-state index in [0.717, 1.165) is 0 Å². The number of ether oxygens (including phenoxy) is 2. The van der Waals surface area contributed by atoms with Crippen LogP contribution >= 0.6 is 0 Å². The molecule has 0 fully saturated rings. The summed E-state index contributed by atoms with van der Waals surface area (Å²) in [5.74, 6) is 0. The zero-order valence-electron chi connectivity index (χ0n) is 9.96. The van der Waals surface area contributed by atoms with E-state index in [-0.39, 0.29) is 12.3 Å². The summed E-state index contributed by atoms with van der Waals surface area (Å²) >= 11 is 0. The molecule has 0 bridgehead atoms. The van der Waals surface area contributed by atoms with Crippen LogP contribution in [0.2, 0.25) is 0 Å². The van der Waals surface area contributed by atoms with Crippen molar-refractivity contribution in [2.24, 2.45) is 0 Å². The van der Waals surface area contributed by atoms with Crippen molar-refractivity contribution in [3.8, 4) is 0 Å². The molecule has 1 unspecified atom stereocenters. The Labute approximate surface area is 87.5 Å². The maximum absolute atomic E-state index is 5.51. The van der Waals surface area contributed by atoms with Gasteiger partial charge < -0.3 is 14.8 Å². The highest BCUT2D eigenvalue weighted by atomic mass is 16.7. The molecular formula is C11H23NO2. The van der Waals surface area contributed by atoms with Gasteiger partial charge in [0.15, 0.2) is 6.29 Å². The minimum Gasteiger partial charge on any atom is -0.351 e. The van der Waals surface area contributed by atoms with Gasteiger partial charge in [0.25, 0.3) is 0 Å². The molecule has 1 atom stereocenters. The van der Waals surface area contributed by atoms with Crippen LogP contribution in [0.1, 0.15) is 27.7 Å². The second-order valence-electron chi connectivity index (χ2n) is 3.34. The van der Waals surface area contributed by atoms with E-state index in [1.165, 1.54) is 5.57 Å². The third kappa shape index (κ3) is 5.37. The van der Waals surface area contributed by atoms with Gasteiger partial charge in [0.05, 0.1) is 6.04 Å². The number of rotatable bonds is 7. The molecule has 3 nitrogen and oxygen atoms in total. The number of hydrogen-bond acceptors (Lipinski definition) is 3. The average Bonchev–Trinajstić information content (AvgIpc) is 2.13. The van der Waals surface area contributed by atoms with Gasteiger partial charge in [-0.1, -0.05) is 11.6 Å². The Kier molecular flexibility index (Phi) is 7.76. The normalized spacial score (nSPS) is 13.0. The summed E-state index contributed by atoms with van der Waals surface area (Å²) in [4.78, 5) is 0. The highest BCUT2D eigenvalue weighted by Crippen LogP contribution is 2.06. The predicted molar refractivity (Wildman–Crippen MR) is 59.3 cm³/mol. The van der Waals surface area contributed by atoms with E-state index in [0.29, 0.717) is 13.2 Å². The van der Waals surface area contributed by atoms with Crippen molar-refractivity contribution in [3.63, 3.8) is 0 Å². The number of allylic oxidation sites excluding steroid dienone is 1.